The van der Waals surface area contributed by atoms with Gasteiger partial charge in [-0.05, 0) is 35.9 Å². The standard InChI is InChI=1S/C17H18ClN2/c18-16-8-6-15(7-9-16)14-19-10-12-20(13-11-19)17-4-2-1-3-5-17/h2-9H,10-14H2. The summed E-state index contributed by atoms with van der Waals surface area (Å²) < 4.78 is 0. The minimum atomic E-state index is 0.805. The molecule has 1 fully saturated rings. The lowest BCUT2D eigenvalue weighted by molar-refractivity contribution is 0.250. The Morgan fingerprint density at radius 2 is 1.55 bits per heavy atom. The van der Waals surface area contributed by atoms with Crippen LogP contribution in [-0.4, -0.2) is 31.1 Å². The van der Waals surface area contributed by atoms with Crippen molar-refractivity contribution in [1.82, 2.24) is 4.90 Å². The summed E-state index contributed by atoms with van der Waals surface area (Å²) in [5.74, 6) is 0. The van der Waals surface area contributed by atoms with Gasteiger partial charge < -0.3 is 4.90 Å². The highest BCUT2D eigenvalue weighted by Gasteiger charge is 2.16. The van der Waals surface area contributed by atoms with Crippen molar-refractivity contribution in [3.63, 3.8) is 0 Å². The van der Waals surface area contributed by atoms with E-state index in [1.807, 2.05) is 24.3 Å². The van der Waals surface area contributed by atoms with Crippen LogP contribution in [0.1, 0.15) is 5.56 Å². The molecule has 0 amide bonds. The summed E-state index contributed by atoms with van der Waals surface area (Å²) in [7, 11) is 0. The lowest BCUT2D eigenvalue weighted by Crippen LogP contribution is -2.45. The van der Waals surface area contributed by atoms with Gasteiger partial charge in [0.1, 0.15) is 0 Å². The highest BCUT2D eigenvalue weighted by molar-refractivity contribution is 6.30. The fourth-order valence-electron chi connectivity index (χ4n) is 2.60. The Kier molecular flexibility index (Phi) is 4.24. The first-order chi connectivity index (χ1) is 9.81. The van der Waals surface area contributed by atoms with Crippen LogP contribution in [0, 0.1) is 6.07 Å². The van der Waals surface area contributed by atoms with E-state index < -0.39 is 0 Å². The van der Waals surface area contributed by atoms with Gasteiger partial charge in [0.25, 0.3) is 0 Å². The van der Waals surface area contributed by atoms with Crippen LogP contribution in [0.5, 0.6) is 0 Å². The van der Waals surface area contributed by atoms with E-state index >= 15 is 0 Å². The Morgan fingerprint density at radius 3 is 2.20 bits per heavy atom. The lowest BCUT2D eigenvalue weighted by atomic mass is 10.2. The first-order valence-corrected chi connectivity index (χ1v) is 7.37. The second-order valence-electron chi connectivity index (χ2n) is 5.15. The fourth-order valence-corrected chi connectivity index (χ4v) is 2.73. The molecule has 20 heavy (non-hydrogen) atoms. The third-order valence-electron chi connectivity index (χ3n) is 3.76. The molecule has 3 heteroatoms. The summed E-state index contributed by atoms with van der Waals surface area (Å²) >= 11 is 5.92. The number of anilines is 1. The minimum Gasteiger partial charge on any atom is -0.369 e. The average Bonchev–Trinajstić information content (AvgIpc) is 2.51. The summed E-state index contributed by atoms with van der Waals surface area (Å²) in [5.41, 5.74) is 2.63. The molecule has 0 N–H and O–H groups in total. The number of hydrogen-bond acceptors (Lipinski definition) is 2. The lowest BCUT2D eigenvalue weighted by Gasteiger charge is -2.36. The van der Waals surface area contributed by atoms with Gasteiger partial charge in [0.05, 0.1) is 0 Å². The predicted octanol–water partition coefficient (Wildman–Crippen LogP) is 3.46. The minimum absolute atomic E-state index is 0.805. The monoisotopic (exact) mass is 285 g/mol. The Bertz CT molecular complexity index is 531. The molecule has 2 aromatic carbocycles. The van der Waals surface area contributed by atoms with E-state index in [2.05, 4.69) is 40.1 Å². The summed E-state index contributed by atoms with van der Waals surface area (Å²) in [4.78, 5) is 4.93. The van der Waals surface area contributed by atoms with Gasteiger partial charge in [0, 0.05) is 43.4 Å². The summed E-state index contributed by atoms with van der Waals surface area (Å²) in [6.45, 7) is 5.37. The molecule has 0 saturated carbocycles. The molecule has 1 saturated heterocycles. The van der Waals surface area contributed by atoms with Crippen molar-refractivity contribution in [2.75, 3.05) is 31.1 Å². The third-order valence-corrected chi connectivity index (χ3v) is 4.01. The van der Waals surface area contributed by atoms with E-state index in [4.69, 9.17) is 11.6 Å². The SMILES string of the molecule is Clc1ccc(CN2CCN(c3cc[c]cc3)CC2)cc1. The molecule has 2 nitrogen and oxygen atoms in total. The highest BCUT2D eigenvalue weighted by Crippen LogP contribution is 2.17. The molecule has 0 spiro atoms. The molecule has 0 aliphatic carbocycles. The maximum atomic E-state index is 5.92. The Balaban J connectivity index is 1.55. The molecule has 0 bridgehead atoms. The van der Waals surface area contributed by atoms with Gasteiger partial charge in [-0.1, -0.05) is 35.9 Å². The normalized spacial score (nSPS) is 16.4. The number of halogens is 1. The van der Waals surface area contributed by atoms with Crippen molar-refractivity contribution < 1.29 is 0 Å². The van der Waals surface area contributed by atoms with Crippen LogP contribution in [0.3, 0.4) is 0 Å². The third kappa shape index (κ3) is 3.33. The van der Waals surface area contributed by atoms with Crippen LogP contribution in [0.15, 0.2) is 48.5 Å². The number of benzene rings is 2. The van der Waals surface area contributed by atoms with Gasteiger partial charge in [-0.25, -0.2) is 0 Å². The fraction of sp³-hybridized carbons (Fsp3) is 0.294. The Morgan fingerprint density at radius 1 is 0.900 bits per heavy atom. The zero-order valence-electron chi connectivity index (χ0n) is 11.4. The van der Waals surface area contributed by atoms with Crippen molar-refractivity contribution in [3.8, 4) is 0 Å². The van der Waals surface area contributed by atoms with E-state index in [1.165, 1.54) is 11.3 Å². The number of rotatable bonds is 3. The van der Waals surface area contributed by atoms with Gasteiger partial charge in [-0.2, -0.15) is 0 Å². The molecule has 1 aliphatic heterocycles. The summed E-state index contributed by atoms with van der Waals surface area (Å²) in [6.07, 6.45) is 0. The smallest absolute Gasteiger partial charge is 0.0406 e. The van der Waals surface area contributed by atoms with Crippen LogP contribution >= 0.6 is 11.6 Å². The van der Waals surface area contributed by atoms with Crippen molar-refractivity contribution in [2.24, 2.45) is 0 Å². The summed E-state index contributed by atoms with van der Waals surface area (Å²) in [6, 6.07) is 19.5. The van der Waals surface area contributed by atoms with Crippen molar-refractivity contribution in [2.45, 2.75) is 6.54 Å². The van der Waals surface area contributed by atoms with Crippen molar-refractivity contribution in [3.05, 3.63) is 65.2 Å². The maximum absolute atomic E-state index is 5.92. The van der Waals surface area contributed by atoms with Gasteiger partial charge in [-0.3, -0.25) is 4.90 Å². The van der Waals surface area contributed by atoms with Crippen LogP contribution in [0.2, 0.25) is 5.02 Å². The van der Waals surface area contributed by atoms with E-state index in [0.717, 1.165) is 37.7 Å². The van der Waals surface area contributed by atoms with Gasteiger partial charge in [-0.15, -0.1) is 0 Å². The van der Waals surface area contributed by atoms with Crippen LogP contribution in [0.25, 0.3) is 0 Å². The van der Waals surface area contributed by atoms with Crippen LogP contribution in [0.4, 0.5) is 5.69 Å². The average molecular weight is 286 g/mol. The molecule has 103 valence electrons. The maximum Gasteiger partial charge on any atom is 0.0406 e. The van der Waals surface area contributed by atoms with Crippen molar-refractivity contribution >= 4 is 17.3 Å². The van der Waals surface area contributed by atoms with E-state index in [1.54, 1.807) is 0 Å². The zero-order valence-corrected chi connectivity index (χ0v) is 12.2. The van der Waals surface area contributed by atoms with E-state index in [0.29, 0.717) is 0 Å². The molecule has 1 heterocycles. The Labute approximate surface area is 125 Å². The van der Waals surface area contributed by atoms with Crippen LogP contribution in [-0.2, 0) is 6.54 Å². The van der Waals surface area contributed by atoms with E-state index in [-0.39, 0.29) is 0 Å². The molecule has 1 aliphatic rings. The molecule has 2 aromatic rings. The van der Waals surface area contributed by atoms with Gasteiger partial charge >= 0.3 is 0 Å². The Hall–Kier alpha value is -1.51. The molecule has 0 aromatic heterocycles. The van der Waals surface area contributed by atoms with Gasteiger partial charge in [0.2, 0.25) is 0 Å². The molecular weight excluding hydrogens is 268 g/mol. The zero-order chi connectivity index (χ0) is 13.8. The second-order valence-corrected chi connectivity index (χ2v) is 5.58. The highest BCUT2D eigenvalue weighted by atomic mass is 35.5. The number of nitrogens with zero attached hydrogens (tertiary/aromatic N) is 2. The molecule has 1 radical (unpaired) electrons. The molecule has 0 atom stereocenters. The van der Waals surface area contributed by atoms with Crippen molar-refractivity contribution in [1.29, 1.82) is 0 Å². The second kappa shape index (κ2) is 6.29. The summed E-state index contributed by atoms with van der Waals surface area (Å²) in [5, 5.41) is 0.805. The first kappa shape index (κ1) is 13.5. The van der Waals surface area contributed by atoms with E-state index in [9.17, 15) is 0 Å². The molecule has 0 unspecified atom stereocenters. The number of hydrogen-bond donors (Lipinski definition) is 0. The quantitative estimate of drug-likeness (QED) is 0.852. The topological polar surface area (TPSA) is 6.48 Å². The molecule has 3 rings (SSSR count). The largest absolute Gasteiger partial charge is 0.369 e. The van der Waals surface area contributed by atoms with Crippen LogP contribution < -0.4 is 4.90 Å². The predicted molar refractivity (Wildman–Crippen MR) is 84.2 cm³/mol. The van der Waals surface area contributed by atoms with Gasteiger partial charge in [0.15, 0.2) is 0 Å². The molecular formula is C17H18ClN2. The first-order valence-electron chi connectivity index (χ1n) is 6.99. The number of piperazine rings is 1.